The first-order valence-electron chi connectivity index (χ1n) is 6.46. The number of carbonyl (C=O) groups is 2. The molecule has 0 aromatic heterocycles. The van der Waals surface area contributed by atoms with Crippen molar-refractivity contribution in [2.24, 2.45) is 0 Å². The summed E-state index contributed by atoms with van der Waals surface area (Å²) in [6, 6.07) is 3.70. The molecule has 0 heterocycles. The number of nitrogens with one attached hydrogen (secondary N) is 1. The molecule has 1 rings (SSSR count). The van der Waals surface area contributed by atoms with Gasteiger partial charge in [-0.15, -0.1) is 0 Å². The fraction of sp³-hybridized carbons (Fsp3) is 0.250. The highest BCUT2D eigenvalue weighted by Crippen LogP contribution is 2.24. The molecule has 0 aliphatic heterocycles. The van der Waals surface area contributed by atoms with Gasteiger partial charge in [-0.1, -0.05) is 34.2 Å². The number of anilines is 1. The van der Waals surface area contributed by atoms with E-state index < -0.39 is 5.97 Å². The van der Waals surface area contributed by atoms with Crippen molar-refractivity contribution < 1.29 is 14.3 Å². The van der Waals surface area contributed by atoms with Gasteiger partial charge in [0.1, 0.15) is 0 Å². The minimum absolute atomic E-state index is 0.312. The number of hydrogen-bond donors (Lipinski definition) is 1. The number of rotatable bonds is 5. The molecule has 1 amide bonds. The molecule has 4 nitrogen and oxygen atoms in total. The van der Waals surface area contributed by atoms with Crippen molar-refractivity contribution in [3.05, 3.63) is 52.0 Å². The van der Waals surface area contributed by atoms with Crippen LogP contribution in [0.15, 0.2) is 40.9 Å². The standard InChI is InChI=1S/C16H18BrNO3/c1-4-5-6-7-15(20)21-10-14(19)18-13-8-11(2)16(17)12(3)9-13/h4-9H,10H2,1-3H3,(H,18,19)/b5-4+,7-6+. The lowest BCUT2D eigenvalue weighted by Crippen LogP contribution is -2.20. The van der Waals surface area contributed by atoms with Gasteiger partial charge in [-0.05, 0) is 44.0 Å². The van der Waals surface area contributed by atoms with E-state index in [0.29, 0.717) is 5.69 Å². The average Bonchev–Trinajstić information content (AvgIpc) is 2.43. The molecular formula is C16H18BrNO3. The van der Waals surface area contributed by atoms with Gasteiger partial charge in [-0.2, -0.15) is 0 Å². The van der Waals surface area contributed by atoms with E-state index in [2.05, 4.69) is 21.2 Å². The third kappa shape index (κ3) is 5.95. The lowest BCUT2D eigenvalue weighted by atomic mass is 10.1. The summed E-state index contributed by atoms with van der Waals surface area (Å²) in [4.78, 5) is 23.0. The minimum Gasteiger partial charge on any atom is -0.452 e. The van der Waals surface area contributed by atoms with Gasteiger partial charge < -0.3 is 10.1 Å². The molecule has 0 radical (unpaired) electrons. The Bertz CT molecular complexity index is 568. The van der Waals surface area contributed by atoms with Gasteiger partial charge in [0.15, 0.2) is 6.61 Å². The van der Waals surface area contributed by atoms with Crippen LogP contribution in [-0.2, 0) is 14.3 Å². The highest BCUT2D eigenvalue weighted by molar-refractivity contribution is 9.10. The highest BCUT2D eigenvalue weighted by Gasteiger charge is 2.08. The molecule has 0 aliphatic carbocycles. The van der Waals surface area contributed by atoms with Crippen LogP contribution in [0.3, 0.4) is 0 Å². The van der Waals surface area contributed by atoms with Crippen molar-refractivity contribution in [1.82, 2.24) is 0 Å². The van der Waals surface area contributed by atoms with Gasteiger partial charge in [0.05, 0.1) is 0 Å². The lowest BCUT2D eigenvalue weighted by molar-refractivity contribution is -0.142. The van der Waals surface area contributed by atoms with Crippen LogP contribution in [0.4, 0.5) is 5.69 Å². The summed E-state index contributed by atoms with van der Waals surface area (Å²) in [6.45, 7) is 5.41. The Labute approximate surface area is 133 Å². The zero-order valence-electron chi connectivity index (χ0n) is 12.3. The molecule has 1 aromatic carbocycles. The van der Waals surface area contributed by atoms with Crippen LogP contribution in [0.25, 0.3) is 0 Å². The van der Waals surface area contributed by atoms with Gasteiger partial charge in [-0.3, -0.25) is 4.79 Å². The quantitative estimate of drug-likeness (QED) is 0.500. The maximum Gasteiger partial charge on any atom is 0.331 e. The van der Waals surface area contributed by atoms with Crippen molar-refractivity contribution in [3.63, 3.8) is 0 Å². The minimum atomic E-state index is -0.550. The largest absolute Gasteiger partial charge is 0.452 e. The molecule has 5 heteroatoms. The first kappa shape index (κ1) is 17.2. The summed E-state index contributed by atoms with van der Waals surface area (Å²) in [5, 5.41) is 2.70. The smallest absolute Gasteiger partial charge is 0.331 e. The molecule has 0 saturated carbocycles. The summed E-state index contributed by atoms with van der Waals surface area (Å²) in [6.07, 6.45) is 6.31. The Hall–Kier alpha value is -1.88. The van der Waals surface area contributed by atoms with Crippen molar-refractivity contribution >= 4 is 33.5 Å². The second-order valence-corrected chi connectivity index (χ2v) is 5.26. The number of carbonyl (C=O) groups excluding carboxylic acids is 2. The molecule has 0 unspecified atom stereocenters. The van der Waals surface area contributed by atoms with Crippen molar-refractivity contribution in [2.75, 3.05) is 11.9 Å². The van der Waals surface area contributed by atoms with Crippen LogP contribution >= 0.6 is 15.9 Å². The van der Waals surface area contributed by atoms with Gasteiger partial charge in [0.2, 0.25) is 0 Å². The van der Waals surface area contributed by atoms with Crippen molar-refractivity contribution in [2.45, 2.75) is 20.8 Å². The maximum atomic E-state index is 11.7. The molecule has 0 aliphatic rings. The predicted octanol–water partition coefficient (Wildman–Crippen LogP) is 3.68. The number of halogens is 1. The van der Waals surface area contributed by atoms with Gasteiger partial charge in [0.25, 0.3) is 5.91 Å². The van der Waals surface area contributed by atoms with Crippen molar-refractivity contribution in [1.29, 1.82) is 0 Å². The zero-order chi connectivity index (χ0) is 15.8. The molecule has 0 spiro atoms. The summed E-state index contributed by atoms with van der Waals surface area (Å²) in [7, 11) is 0. The highest BCUT2D eigenvalue weighted by atomic mass is 79.9. The van der Waals surface area contributed by atoms with E-state index in [0.717, 1.165) is 15.6 Å². The molecule has 21 heavy (non-hydrogen) atoms. The third-order valence-electron chi connectivity index (χ3n) is 2.60. The third-order valence-corrected chi connectivity index (χ3v) is 3.85. The average molecular weight is 352 g/mol. The summed E-state index contributed by atoms with van der Waals surface area (Å²) in [5.41, 5.74) is 2.73. The Morgan fingerprint density at radius 3 is 2.43 bits per heavy atom. The van der Waals surface area contributed by atoms with Gasteiger partial charge in [0, 0.05) is 16.2 Å². The van der Waals surface area contributed by atoms with Crippen LogP contribution in [0.5, 0.6) is 0 Å². The van der Waals surface area contributed by atoms with E-state index in [1.807, 2.05) is 32.9 Å². The normalized spacial score (nSPS) is 11.0. The second kappa shape index (κ2) is 8.42. The van der Waals surface area contributed by atoms with Gasteiger partial charge >= 0.3 is 5.97 Å². The SMILES string of the molecule is C/C=C/C=C/C(=O)OCC(=O)Nc1cc(C)c(Br)c(C)c1. The maximum absolute atomic E-state index is 11.7. The first-order chi connectivity index (χ1) is 9.93. The molecule has 1 aromatic rings. The van der Waals surface area contributed by atoms with Crippen LogP contribution < -0.4 is 5.32 Å². The van der Waals surface area contributed by atoms with E-state index in [4.69, 9.17) is 4.74 Å². The van der Waals surface area contributed by atoms with Crippen LogP contribution in [-0.4, -0.2) is 18.5 Å². The number of esters is 1. The van der Waals surface area contributed by atoms with Crippen LogP contribution in [0.2, 0.25) is 0 Å². The monoisotopic (exact) mass is 351 g/mol. The molecule has 0 saturated heterocycles. The second-order valence-electron chi connectivity index (χ2n) is 4.46. The molecule has 112 valence electrons. The number of hydrogen-bond acceptors (Lipinski definition) is 3. The number of benzene rings is 1. The number of ether oxygens (including phenoxy) is 1. The number of allylic oxidation sites excluding steroid dienone is 3. The number of amides is 1. The van der Waals surface area contributed by atoms with E-state index >= 15 is 0 Å². The fourth-order valence-electron chi connectivity index (χ4n) is 1.65. The summed E-state index contributed by atoms with van der Waals surface area (Å²) >= 11 is 3.46. The summed E-state index contributed by atoms with van der Waals surface area (Å²) in [5.74, 6) is -0.921. The molecule has 0 fully saturated rings. The Balaban J connectivity index is 2.53. The Morgan fingerprint density at radius 1 is 1.24 bits per heavy atom. The Kier molecular flexibility index (Phi) is 6.88. The first-order valence-corrected chi connectivity index (χ1v) is 7.26. The van der Waals surface area contributed by atoms with E-state index in [9.17, 15) is 9.59 Å². The van der Waals surface area contributed by atoms with Crippen LogP contribution in [0, 0.1) is 13.8 Å². The molecular weight excluding hydrogens is 334 g/mol. The Morgan fingerprint density at radius 2 is 1.86 bits per heavy atom. The lowest BCUT2D eigenvalue weighted by Gasteiger charge is -2.09. The molecule has 0 bridgehead atoms. The van der Waals surface area contributed by atoms with Crippen molar-refractivity contribution in [3.8, 4) is 0 Å². The van der Waals surface area contributed by atoms with E-state index in [1.54, 1.807) is 18.2 Å². The summed E-state index contributed by atoms with van der Waals surface area (Å²) < 4.78 is 5.84. The molecule has 0 atom stereocenters. The van der Waals surface area contributed by atoms with Gasteiger partial charge in [-0.25, -0.2) is 4.79 Å². The topological polar surface area (TPSA) is 55.4 Å². The van der Waals surface area contributed by atoms with E-state index in [1.165, 1.54) is 6.08 Å². The zero-order valence-corrected chi connectivity index (χ0v) is 13.9. The fourth-order valence-corrected chi connectivity index (χ4v) is 1.87. The number of aryl methyl sites for hydroxylation is 2. The van der Waals surface area contributed by atoms with Crippen LogP contribution in [0.1, 0.15) is 18.1 Å². The molecule has 1 N–H and O–H groups in total. The van der Waals surface area contributed by atoms with E-state index in [-0.39, 0.29) is 12.5 Å². The predicted molar refractivity (Wildman–Crippen MR) is 87.2 cm³/mol.